The number of piperidine rings is 1. The summed E-state index contributed by atoms with van der Waals surface area (Å²) < 4.78 is 10.7. The maximum atomic E-state index is 13.7. The number of hydrogen-bond acceptors (Lipinski definition) is 4. The summed E-state index contributed by atoms with van der Waals surface area (Å²) in [6, 6.07) is 24.0. The Hall–Kier alpha value is -3.31. The fourth-order valence-electron chi connectivity index (χ4n) is 4.41. The molecule has 1 amide bonds. The molecule has 1 saturated heterocycles. The first-order chi connectivity index (χ1) is 16.1. The summed E-state index contributed by atoms with van der Waals surface area (Å²) in [5.41, 5.74) is 4.13. The number of benzene rings is 3. The Bertz CT molecular complexity index is 1060. The molecule has 0 N–H and O–H groups in total. The Morgan fingerprint density at radius 3 is 2.21 bits per heavy atom. The van der Waals surface area contributed by atoms with Gasteiger partial charge in [-0.1, -0.05) is 35.9 Å². The number of anilines is 1. The minimum atomic E-state index is 0.00268. The van der Waals surface area contributed by atoms with Gasteiger partial charge in [-0.15, -0.1) is 0 Å². The average molecular weight is 445 g/mol. The highest BCUT2D eigenvalue weighted by Gasteiger charge is 2.30. The lowest BCUT2D eigenvalue weighted by molar-refractivity contribution is 0.0958. The predicted molar refractivity (Wildman–Crippen MR) is 132 cm³/mol. The number of aryl methyl sites for hydroxylation is 1. The molecule has 0 aliphatic carbocycles. The molecule has 3 aromatic rings. The van der Waals surface area contributed by atoms with Crippen molar-refractivity contribution in [3.05, 3.63) is 89.5 Å². The summed E-state index contributed by atoms with van der Waals surface area (Å²) in [7, 11) is 3.28. The molecule has 33 heavy (non-hydrogen) atoms. The van der Waals surface area contributed by atoms with E-state index in [1.165, 1.54) is 11.1 Å². The lowest BCUT2D eigenvalue weighted by Crippen LogP contribution is -2.47. The molecule has 1 heterocycles. The van der Waals surface area contributed by atoms with Crippen LogP contribution in [-0.2, 0) is 6.54 Å². The minimum absolute atomic E-state index is 0.00268. The molecular weight excluding hydrogens is 412 g/mol. The number of hydrogen-bond donors (Lipinski definition) is 0. The summed E-state index contributed by atoms with van der Waals surface area (Å²) in [5, 5.41) is 0. The van der Waals surface area contributed by atoms with Gasteiger partial charge >= 0.3 is 0 Å². The molecule has 172 valence electrons. The molecule has 0 spiro atoms. The van der Waals surface area contributed by atoms with Gasteiger partial charge in [0.1, 0.15) is 11.5 Å². The number of carbonyl (C=O) groups is 1. The molecule has 0 atom stereocenters. The van der Waals surface area contributed by atoms with E-state index in [4.69, 9.17) is 9.47 Å². The van der Waals surface area contributed by atoms with E-state index in [1.54, 1.807) is 14.2 Å². The van der Waals surface area contributed by atoms with Crippen molar-refractivity contribution < 1.29 is 14.3 Å². The highest BCUT2D eigenvalue weighted by atomic mass is 16.5. The third-order valence-electron chi connectivity index (χ3n) is 6.34. The van der Waals surface area contributed by atoms with Crippen LogP contribution in [0.1, 0.15) is 34.3 Å². The molecule has 0 aromatic heterocycles. The smallest absolute Gasteiger partial charge is 0.258 e. The first kappa shape index (κ1) is 22.9. The standard InChI is InChI=1S/C28H32N2O3/c1-21-7-9-22(10-8-21)20-29-17-15-24(16-18-29)30(25-5-4-6-27(19-25)33-3)28(31)23-11-13-26(32-2)14-12-23/h4-14,19,24H,15-18,20H2,1-3H3. The van der Waals surface area contributed by atoms with Crippen molar-refractivity contribution in [2.24, 2.45) is 0 Å². The number of nitrogens with zero attached hydrogens (tertiary/aromatic N) is 2. The monoisotopic (exact) mass is 444 g/mol. The first-order valence-corrected chi connectivity index (χ1v) is 11.5. The van der Waals surface area contributed by atoms with E-state index in [2.05, 4.69) is 36.1 Å². The molecule has 0 bridgehead atoms. The Morgan fingerprint density at radius 2 is 1.58 bits per heavy atom. The van der Waals surface area contributed by atoms with Gasteiger partial charge in [-0.2, -0.15) is 0 Å². The van der Waals surface area contributed by atoms with Crippen LogP contribution in [0, 0.1) is 6.92 Å². The van der Waals surface area contributed by atoms with Gasteiger partial charge in [0.15, 0.2) is 0 Å². The SMILES string of the molecule is COc1ccc(C(=O)N(c2cccc(OC)c2)C2CCN(Cc3ccc(C)cc3)CC2)cc1. The van der Waals surface area contributed by atoms with E-state index < -0.39 is 0 Å². The van der Waals surface area contributed by atoms with Crippen LogP contribution >= 0.6 is 0 Å². The topological polar surface area (TPSA) is 42.0 Å². The molecule has 1 aliphatic rings. The van der Waals surface area contributed by atoms with Gasteiger partial charge in [0.2, 0.25) is 0 Å². The molecule has 1 fully saturated rings. The molecule has 5 nitrogen and oxygen atoms in total. The summed E-state index contributed by atoms with van der Waals surface area (Å²) >= 11 is 0. The van der Waals surface area contributed by atoms with Gasteiger partial charge in [0, 0.05) is 43.0 Å². The Balaban J connectivity index is 1.53. The molecule has 0 saturated carbocycles. The second-order valence-electron chi connectivity index (χ2n) is 8.60. The molecule has 3 aromatic carbocycles. The molecular formula is C28H32N2O3. The van der Waals surface area contributed by atoms with Gasteiger partial charge in [-0.05, 0) is 61.7 Å². The Morgan fingerprint density at radius 1 is 0.909 bits per heavy atom. The van der Waals surface area contributed by atoms with E-state index >= 15 is 0 Å². The average Bonchev–Trinajstić information content (AvgIpc) is 2.87. The Labute approximate surface area is 196 Å². The lowest BCUT2D eigenvalue weighted by Gasteiger charge is -2.38. The zero-order valence-electron chi connectivity index (χ0n) is 19.7. The van der Waals surface area contributed by atoms with Crippen molar-refractivity contribution in [1.29, 1.82) is 0 Å². The summed E-state index contributed by atoms with van der Waals surface area (Å²) in [4.78, 5) is 18.1. The highest BCUT2D eigenvalue weighted by Crippen LogP contribution is 2.29. The van der Waals surface area contributed by atoms with E-state index in [0.717, 1.165) is 49.7 Å². The van der Waals surface area contributed by atoms with Gasteiger partial charge in [-0.3, -0.25) is 9.69 Å². The minimum Gasteiger partial charge on any atom is -0.497 e. The maximum Gasteiger partial charge on any atom is 0.258 e. The summed E-state index contributed by atoms with van der Waals surface area (Å²) in [6.45, 7) is 4.96. The van der Waals surface area contributed by atoms with Crippen LogP contribution in [0.3, 0.4) is 0 Å². The van der Waals surface area contributed by atoms with Crippen LogP contribution in [-0.4, -0.2) is 44.2 Å². The van der Waals surface area contributed by atoms with Crippen LogP contribution in [0.2, 0.25) is 0 Å². The third-order valence-corrected chi connectivity index (χ3v) is 6.34. The van der Waals surface area contributed by atoms with Crippen molar-refractivity contribution in [2.75, 3.05) is 32.2 Å². The van der Waals surface area contributed by atoms with E-state index in [1.807, 2.05) is 53.4 Å². The maximum absolute atomic E-state index is 13.7. The first-order valence-electron chi connectivity index (χ1n) is 11.5. The molecule has 0 unspecified atom stereocenters. The third kappa shape index (κ3) is 5.55. The quantitative estimate of drug-likeness (QED) is 0.494. The predicted octanol–water partition coefficient (Wildman–Crippen LogP) is 5.32. The summed E-state index contributed by atoms with van der Waals surface area (Å²) in [5.74, 6) is 1.49. The van der Waals surface area contributed by atoms with Crippen molar-refractivity contribution >= 4 is 11.6 Å². The molecule has 4 rings (SSSR count). The second kappa shape index (κ2) is 10.5. The highest BCUT2D eigenvalue weighted by molar-refractivity contribution is 6.06. The summed E-state index contributed by atoms with van der Waals surface area (Å²) in [6.07, 6.45) is 1.84. The van der Waals surface area contributed by atoms with Gasteiger partial charge in [0.25, 0.3) is 5.91 Å². The van der Waals surface area contributed by atoms with Crippen molar-refractivity contribution in [3.63, 3.8) is 0 Å². The van der Waals surface area contributed by atoms with Crippen LogP contribution in [0.4, 0.5) is 5.69 Å². The van der Waals surface area contributed by atoms with Crippen LogP contribution in [0.25, 0.3) is 0 Å². The zero-order valence-corrected chi connectivity index (χ0v) is 19.7. The fourth-order valence-corrected chi connectivity index (χ4v) is 4.41. The zero-order chi connectivity index (χ0) is 23.2. The second-order valence-corrected chi connectivity index (χ2v) is 8.60. The molecule has 1 aliphatic heterocycles. The largest absolute Gasteiger partial charge is 0.497 e. The molecule has 0 radical (unpaired) electrons. The van der Waals surface area contributed by atoms with Crippen LogP contribution in [0.5, 0.6) is 11.5 Å². The van der Waals surface area contributed by atoms with Gasteiger partial charge in [-0.25, -0.2) is 0 Å². The Kier molecular flexibility index (Phi) is 7.30. The van der Waals surface area contributed by atoms with Crippen LogP contribution in [0.15, 0.2) is 72.8 Å². The number of ether oxygens (including phenoxy) is 2. The van der Waals surface area contributed by atoms with Gasteiger partial charge in [0.05, 0.1) is 14.2 Å². The van der Waals surface area contributed by atoms with Crippen molar-refractivity contribution in [3.8, 4) is 11.5 Å². The van der Waals surface area contributed by atoms with Crippen molar-refractivity contribution in [2.45, 2.75) is 32.4 Å². The normalized spacial score (nSPS) is 14.6. The van der Waals surface area contributed by atoms with E-state index in [-0.39, 0.29) is 11.9 Å². The number of amides is 1. The number of likely N-dealkylation sites (tertiary alicyclic amines) is 1. The number of methoxy groups -OCH3 is 2. The fraction of sp³-hybridized carbons (Fsp3) is 0.321. The van der Waals surface area contributed by atoms with Crippen molar-refractivity contribution in [1.82, 2.24) is 4.90 Å². The van der Waals surface area contributed by atoms with Gasteiger partial charge < -0.3 is 14.4 Å². The number of carbonyl (C=O) groups excluding carboxylic acids is 1. The number of rotatable bonds is 7. The van der Waals surface area contributed by atoms with E-state index in [9.17, 15) is 4.79 Å². The van der Waals surface area contributed by atoms with Crippen LogP contribution < -0.4 is 14.4 Å². The lowest BCUT2D eigenvalue weighted by atomic mass is 10.00. The molecule has 5 heteroatoms. The van der Waals surface area contributed by atoms with E-state index in [0.29, 0.717) is 5.56 Å².